The van der Waals surface area contributed by atoms with Crippen molar-refractivity contribution in [1.82, 2.24) is 10.7 Å². The van der Waals surface area contributed by atoms with Gasteiger partial charge in [0.1, 0.15) is 0 Å². The van der Waals surface area contributed by atoms with Crippen LogP contribution in [0.15, 0.2) is 5.10 Å². The third-order valence-corrected chi connectivity index (χ3v) is 0.931. The van der Waals surface area contributed by atoms with Gasteiger partial charge in [-0.25, -0.2) is 0 Å². The van der Waals surface area contributed by atoms with Gasteiger partial charge in [-0.2, -0.15) is 0 Å². The number of nitrogens with two attached hydrogens (primary N) is 1. The molecule has 0 unspecified atom stereocenters. The molecule has 1 aliphatic rings. The molecule has 5 nitrogen and oxygen atoms in total. The second-order valence-corrected chi connectivity index (χ2v) is 1.70. The Hall–Kier alpha value is -1.26. The number of nitrogens with one attached hydrogen (secondary N) is 2. The van der Waals surface area contributed by atoms with Crippen molar-refractivity contribution in [2.45, 2.75) is 6.42 Å². The standard InChI is InChI=1S/C4H8N4O/c5-4-7-3(9)1-2-6-8-4/h6H,1-2H2,(H3,5,7,8,9). The number of hydrazone groups is 1. The first-order chi connectivity index (χ1) is 4.29. The SMILES string of the molecule is NC1=NNCCC(=O)N1. The van der Waals surface area contributed by atoms with Gasteiger partial charge in [-0.15, -0.1) is 5.10 Å². The normalized spacial score (nSPS) is 19.1. The highest BCUT2D eigenvalue weighted by Crippen LogP contribution is 1.80. The Morgan fingerprint density at radius 3 is 3.22 bits per heavy atom. The van der Waals surface area contributed by atoms with Crippen molar-refractivity contribution in [2.24, 2.45) is 10.8 Å². The molecule has 5 heteroatoms. The van der Waals surface area contributed by atoms with Crippen LogP contribution in [-0.2, 0) is 4.79 Å². The molecule has 0 aromatic heterocycles. The first-order valence-corrected chi connectivity index (χ1v) is 2.65. The van der Waals surface area contributed by atoms with Gasteiger partial charge in [-0.3, -0.25) is 10.1 Å². The molecule has 1 heterocycles. The van der Waals surface area contributed by atoms with Crippen molar-refractivity contribution in [3.63, 3.8) is 0 Å². The number of rotatable bonds is 0. The van der Waals surface area contributed by atoms with Crippen molar-refractivity contribution in [2.75, 3.05) is 6.54 Å². The summed E-state index contributed by atoms with van der Waals surface area (Å²) in [6.45, 7) is 0.548. The van der Waals surface area contributed by atoms with Gasteiger partial charge in [-0.1, -0.05) is 0 Å². The van der Waals surface area contributed by atoms with E-state index >= 15 is 0 Å². The summed E-state index contributed by atoms with van der Waals surface area (Å²) in [7, 11) is 0. The van der Waals surface area contributed by atoms with Crippen LogP contribution in [0, 0.1) is 0 Å². The van der Waals surface area contributed by atoms with Crippen molar-refractivity contribution in [1.29, 1.82) is 0 Å². The molecule has 0 aromatic carbocycles. The molecular formula is C4H8N4O. The van der Waals surface area contributed by atoms with Gasteiger partial charge in [0.05, 0.1) is 0 Å². The molecule has 1 amide bonds. The highest BCUT2D eigenvalue weighted by atomic mass is 16.1. The van der Waals surface area contributed by atoms with Gasteiger partial charge < -0.3 is 11.2 Å². The number of hydrogen-bond donors (Lipinski definition) is 3. The van der Waals surface area contributed by atoms with Crippen molar-refractivity contribution >= 4 is 11.9 Å². The van der Waals surface area contributed by atoms with Crippen LogP contribution in [0.3, 0.4) is 0 Å². The molecule has 0 fully saturated rings. The Morgan fingerprint density at radius 1 is 1.67 bits per heavy atom. The second kappa shape index (κ2) is 2.34. The van der Waals surface area contributed by atoms with Crippen molar-refractivity contribution < 1.29 is 4.79 Å². The van der Waals surface area contributed by atoms with E-state index in [-0.39, 0.29) is 11.9 Å². The van der Waals surface area contributed by atoms with Crippen LogP contribution < -0.4 is 16.5 Å². The summed E-state index contributed by atoms with van der Waals surface area (Å²) in [5.74, 6) is 0.0405. The predicted octanol–water partition coefficient (Wildman–Crippen LogP) is -1.67. The number of hydrogen-bond acceptors (Lipinski definition) is 4. The molecule has 1 rings (SSSR count). The summed E-state index contributed by atoms with van der Waals surface area (Å²) in [5.41, 5.74) is 7.79. The lowest BCUT2D eigenvalue weighted by Crippen LogP contribution is -2.35. The van der Waals surface area contributed by atoms with Crippen LogP contribution >= 0.6 is 0 Å². The third kappa shape index (κ3) is 1.60. The minimum Gasteiger partial charge on any atom is -0.368 e. The Kier molecular flexibility index (Phi) is 1.53. The number of nitrogens with zero attached hydrogens (tertiary/aromatic N) is 1. The first kappa shape index (κ1) is 5.87. The zero-order valence-corrected chi connectivity index (χ0v) is 4.85. The maximum absolute atomic E-state index is 10.6. The number of carbonyl (C=O) groups excluding carboxylic acids is 1. The Morgan fingerprint density at radius 2 is 2.44 bits per heavy atom. The summed E-state index contributed by atoms with van der Waals surface area (Å²) < 4.78 is 0. The van der Waals surface area contributed by atoms with Gasteiger partial charge in [0.2, 0.25) is 11.9 Å². The zero-order chi connectivity index (χ0) is 6.69. The smallest absolute Gasteiger partial charge is 0.228 e. The van der Waals surface area contributed by atoms with Gasteiger partial charge >= 0.3 is 0 Å². The van der Waals surface area contributed by atoms with Crippen LogP contribution in [0.25, 0.3) is 0 Å². The highest BCUT2D eigenvalue weighted by Gasteiger charge is 2.04. The highest BCUT2D eigenvalue weighted by molar-refractivity contribution is 5.96. The van der Waals surface area contributed by atoms with E-state index in [9.17, 15) is 4.79 Å². The second-order valence-electron chi connectivity index (χ2n) is 1.70. The molecule has 0 spiro atoms. The van der Waals surface area contributed by atoms with Gasteiger partial charge in [-0.05, 0) is 0 Å². The fourth-order valence-corrected chi connectivity index (χ4v) is 0.544. The average molecular weight is 128 g/mol. The Labute approximate surface area is 52.3 Å². The van der Waals surface area contributed by atoms with E-state index in [1.165, 1.54) is 0 Å². The molecule has 50 valence electrons. The van der Waals surface area contributed by atoms with E-state index < -0.39 is 0 Å². The van der Waals surface area contributed by atoms with Crippen LogP contribution in [-0.4, -0.2) is 18.4 Å². The Balaban J connectivity index is 2.54. The lowest BCUT2D eigenvalue weighted by Gasteiger charge is -1.94. The van der Waals surface area contributed by atoms with Crippen LogP contribution in [0.2, 0.25) is 0 Å². The van der Waals surface area contributed by atoms with Crippen LogP contribution in [0.5, 0.6) is 0 Å². The van der Waals surface area contributed by atoms with E-state index in [2.05, 4.69) is 15.8 Å². The molecular weight excluding hydrogens is 120 g/mol. The van der Waals surface area contributed by atoms with Crippen LogP contribution in [0.1, 0.15) is 6.42 Å². The maximum Gasteiger partial charge on any atom is 0.228 e. The molecule has 0 saturated heterocycles. The number of guanidine groups is 1. The van der Waals surface area contributed by atoms with Crippen LogP contribution in [0.4, 0.5) is 0 Å². The molecule has 0 aliphatic carbocycles. The predicted molar refractivity (Wildman–Crippen MR) is 32.4 cm³/mol. The topological polar surface area (TPSA) is 79.5 Å². The van der Waals surface area contributed by atoms with Gasteiger partial charge in [0, 0.05) is 13.0 Å². The lowest BCUT2D eigenvalue weighted by molar-refractivity contribution is -0.119. The minimum atomic E-state index is -0.0961. The zero-order valence-electron chi connectivity index (χ0n) is 4.85. The number of amides is 1. The maximum atomic E-state index is 10.6. The van der Waals surface area contributed by atoms with E-state index in [0.29, 0.717) is 13.0 Å². The third-order valence-electron chi connectivity index (χ3n) is 0.931. The molecule has 0 saturated carbocycles. The first-order valence-electron chi connectivity index (χ1n) is 2.65. The fraction of sp³-hybridized carbons (Fsp3) is 0.500. The molecule has 0 atom stereocenters. The molecule has 9 heavy (non-hydrogen) atoms. The molecule has 4 N–H and O–H groups in total. The molecule has 0 radical (unpaired) electrons. The number of carbonyl (C=O) groups is 1. The largest absolute Gasteiger partial charge is 0.368 e. The van der Waals surface area contributed by atoms with Gasteiger partial charge in [0.15, 0.2) is 0 Å². The van der Waals surface area contributed by atoms with E-state index in [4.69, 9.17) is 5.73 Å². The Bertz CT molecular complexity index is 153. The van der Waals surface area contributed by atoms with Crippen molar-refractivity contribution in [3.8, 4) is 0 Å². The molecule has 0 bridgehead atoms. The molecule has 1 aliphatic heterocycles. The van der Waals surface area contributed by atoms with E-state index in [1.54, 1.807) is 0 Å². The van der Waals surface area contributed by atoms with Gasteiger partial charge in [0.25, 0.3) is 0 Å². The van der Waals surface area contributed by atoms with Crippen molar-refractivity contribution in [3.05, 3.63) is 0 Å². The summed E-state index contributed by atoms with van der Waals surface area (Å²) in [6.07, 6.45) is 0.421. The lowest BCUT2D eigenvalue weighted by atomic mass is 10.4. The summed E-state index contributed by atoms with van der Waals surface area (Å²) in [6, 6.07) is 0. The fourth-order valence-electron chi connectivity index (χ4n) is 0.544. The molecule has 0 aromatic rings. The van der Waals surface area contributed by atoms with E-state index in [0.717, 1.165) is 0 Å². The summed E-state index contributed by atoms with van der Waals surface area (Å²) in [5, 5.41) is 5.95. The van der Waals surface area contributed by atoms with E-state index in [1.807, 2.05) is 0 Å². The monoisotopic (exact) mass is 128 g/mol. The summed E-state index contributed by atoms with van der Waals surface area (Å²) in [4.78, 5) is 10.6. The summed E-state index contributed by atoms with van der Waals surface area (Å²) >= 11 is 0. The average Bonchev–Trinajstić information content (AvgIpc) is 1.93. The quantitative estimate of drug-likeness (QED) is 0.365. The minimum absolute atomic E-state index is 0.0961.